The first-order valence-electron chi connectivity index (χ1n) is 7.84. The molecule has 3 nitrogen and oxygen atoms in total. The molecule has 3 rings (SSSR count). The van der Waals surface area contributed by atoms with Gasteiger partial charge >= 0.3 is 0 Å². The molecule has 2 heterocycles. The van der Waals surface area contributed by atoms with Gasteiger partial charge in [0, 0.05) is 17.5 Å². The van der Waals surface area contributed by atoms with E-state index in [4.69, 9.17) is 0 Å². The molecule has 1 amide bonds. The normalized spacial score (nSPS) is 32.6. The molecule has 0 aromatic carbocycles. The Bertz CT molecular complexity index is 541. The third-order valence-corrected chi connectivity index (χ3v) is 6.84. The van der Waals surface area contributed by atoms with E-state index in [1.54, 1.807) is 0 Å². The molecule has 1 aliphatic carbocycles. The number of halogens is 1. The van der Waals surface area contributed by atoms with E-state index in [9.17, 15) is 4.79 Å². The number of aliphatic imine (C=N–C) groups is 1. The summed E-state index contributed by atoms with van der Waals surface area (Å²) in [6, 6.07) is 0. The van der Waals surface area contributed by atoms with Crippen LogP contribution in [-0.2, 0) is 4.79 Å². The summed E-state index contributed by atoms with van der Waals surface area (Å²) in [5.41, 5.74) is 1.04. The minimum absolute atomic E-state index is 0. The van der Waals surface area contributed by atoms with Crippen molar-refractivity contribution >= 4 is 36.3 Å². The maximum Gasteiger partial charge on any atom is 0.224 e. The summed E-state index contributed by atoms with van der Waals surface area (Å²) in [4.78, 5) is 17.3. The molecule has 22 heavy (non-hydrogen) atoms. The monoisotopic (exact) mass is 340 g/mol. The van der Waals surface area contributed by atoms with E-state index in [1.807, 2.05) is 18.0 Å². The molecule has 1 saturated heterocycles. The van der Waals surface area contributed by atoms with Crippen LogP contribution in [0.3, 0.4) is 0 Å². The Morgan fingerprint density at radius 1 is 1.55 bits per heavy atom. The van der Waals surface area contributed by atoms with Crippen LogP contribution in [0.2, 0.25) is 0 Å². The van der Waals surface area contributed by atoms with E-state index in [0.29, 0.717) is 5.92 Å². The van der Waals surface area contributed by atoms with Gasteiger partial charge in [-0.2, -0.15) is 0 Å². The topological polar surface area (TPSA) is 41.5 Å². The predicted molar refractivity (Wildman–Crippen MR) is 96.9 cm³/mol. The van der Waals surface area contributed by atoms with Crippen molar-refractivity contribution in [2.45, 2.75) is 50.3 Å². The highest BCUT2D eigenvalue weighted by Crippen LogP contribution is 2.57. The van der Waals surface area contributed by atoms with Crippen LogP contribution in [-0.4, -0.2) is 28.2 Å². The second-order valence-corrected chi connectivity index (χ2v) is 8.22. The average molecular weight is 341 g/mol. The Morgan fingerprint density at radius 2 is 2.32 bits per heavy atom. The minimum Gasteiger partial charge on any atom is -0.351 e. The molecule has 1 N–H and O–H groups in total. The largest absolute Gasteiger partial charge is 0.351 e. The fraction of sp³-hybridized carbons (Fsp3) is 0.647. The molecular formula is C17H25ClN2OS. The molecule has 3 atom stereocenters. The van der Waals surface area contributed by atoms with Gasteiger partial charge in [-0.05, 0) is 45.1 Å². The van der Waals surface area contributed by atoms with Crippen molar-refractivity contribution in [3.63, 3.8) is 0 Å². The van der Waals surface area contributed by atoms with Crippen molar-refractivity contribution in [1.82, 2.24) is 5.32 Å². The van der Waals surface area contributed by atoms with E-state index in [2.05, 4.69) is 49.3 Å². The molecule has 1 spiro atoms. The van der Waals surface area contributed by atoms with Gasteiger partial charge < -0.3 is 5.32 Å². The number of thioether (sulfide) groups is 1. The summed E-state index contributed by atoms with van der Waals surface area (Å²) in [6.45, 7) is 6.31. The smallest absolute Gasteiger partial charge is 0.224 e. The zero-order valence-corrected chi connectivity index (χ0v) is 15.1. The van der Waals surface area contributed by atoms with Crippen LogP contribution in [0.15, 0.2) is 28.9 Å². The fourth-order valence-electron chi connectivity index (χ4n) is 3.45. The first-order valence-corrected chi connectivity index (χ1v) is 8.83. The van der Waals surface area contributed by atoms with Gasteiger partial charge in [-0.15, -0.1) is 24.2 Å². The van der Waals surface area contributed by atoms with Gasteiger partial charge in [-0.25, -0.2) is 0 Å². The zero-order valence-electron chi connectivity index (χ0n) is 13.5. The highest BCUT2D eigenvalue weighted by atomic mass is 35.5. The lowest BCUT2D eigenvalue weighted by Gasteiger charge is -2.39. The number of carbonyl (C=O) groups excluding carboxylic acids is 1. The summed E-state index contributed by atoms with van der Waals surface area (Å²) in [5, 5.41) is 3.24. The van der Waals surface area contributed by atoms with Crippen LogP contribution < -0.4 is 5.32 Å². The van der Waals surface area contributed by atoms with Gasteiger partial charge in [0.25, 0.3) is 0 Å². The third kappa shape index (κ3) is 2.88. The quantitative estimate of drug-likeness (QED) is 0.850. The first kappa shape index (κ1) is 17.6. The Kier molecular flexibility index (Phi) is 5.13. The lowest BCUT2D eigenvalue weighted by molar-refractivity contribution is -0.127. The molecule has 2 aliphatic heterocycles. The van der Waals surface area contributed by atoms with E-state index < -0.39 is 0 Å². The summed E-state index contributed by atoms with van der Waals surface area (Å²) >= 11 is 1.93. The van der Waals surface area contributed by atoms with Crippen LogP contribution in [0.4, 0.5) is 0 Å². The van der Waals surface area contributed by atoms with Gasteiger partial charge in [-0.1, -0.05) is 19.1 Å². The SMILES string of the molecule is CCC(C)(C)NC(=O)C1CSC23CC=CC=C2N=CCC13.Cl. The summed E-state index contributed by atoms with van der Waals surface area (Å²) < 4.78 is 0.0435. The molecule has 122 valence electrons. The van der Waals surface area contributed by atoms with Crippen molar-refractivity contribution in [2.24, 2.45) is 16.8 Å². The molecule has 0 bridgehead atoms. The number of nitrogens with one attached hydrogen (secondary N) is 1. The van der Waals surface area contributed by atoms with Crippen LogP contribution in [0, 0.1) is 11.8 Å². The molecule has 0 radical (unpaired) electrons. The molecular weight excluding hydrogens is 316 g/mol. The number of hydrogen-bond donors (Lipinski definition) is 1. The van der Waals surface area contributed by atoms with Crippen molar-refractivity contribution in [1.29, 1.82) is 0 Å². The molecule has 0 saturated carbocycles. The van der Waals surface area contributed by atoms with E-state index >= 15 is 0 Å². The standard InChI is InChI=1S/C17H24N2OS.ClH/c1-4-16(2,3)19-15(20)12-11-21-17-9-6-5-7-14(17)18-10-8-13(12)17;/h5-7,10,12-13H,4,8-9,11H2,1-3H3,(H,19,20);1H. The highest BCUT2D eigenvalue weighted by Gasteiger charge is 2.54. The van der Waals surface area contributed by atoms with Crippen molar-refractivity contribution in [3.8, 4) is 0 Å². The number of amides is 1. The summed E-state index contributed by atoms with van der Waals surface area (Å²) in [5.74, 6) is 1.61. The van der Waals surface area contributed by atoms with Crippen molar-refractivity contribution < 1.29 is 4.79 Å². The Balaban J connectivity index is 0.00000176. The van der Waals surface area contributed by atoms with Gasteiger partial charge in [0.2, 0.25) is 5.91 Å². The maximum atomic E-state index is 12.7. The maximum absolute atomic E-state index is 12.7. The zero-order chi connectivity index (χ0) is 15.1. The minimum atomic E-state index is -0.120. The highest BCUT2D eigenvalue weighted by molar-refractivity contribution is 8.01. The lowest BCUT2D eigenvalue weighted by atomic mass is 9.73. The van der Waals surface area contributed by atoms with Gasteiger partial charge in [-0.3, -0.25) is 9.79 Å². The predicted octanol–water partition coefficient (Wildman–Crippen LogP) is 3.75. The van der Waals surface area contributed by atoms with Crippen LogP contribution in [0.25, 0.3) is 0 Å². The lowest BCUT2D eigenvalue weighted by Crippen LogP contribution is -2.49. The van der Waals surface area contributed by atoms with Gasteiger partial charge in [0.1, 0.15) is 0 Å². The molecule has 3 unspecified atom stereocenters. The second-order valence-electron chi connectivity index (χ2n) is 6.87. The first-order chi connectivity index (χ1) is 9.98. The number of rotatable bonds is 3. The second kappa shape index (κ2) is 6.40. The Hall–Kier alpha value is -0.740. The van der Waals surface area contributed by atoms with E-state index in [-0.39, 0.29) is 34.5 Å². The molecule has 3 aliphatic rings. The molecule has 0 aromatic heterocycles. The van der Waals surface area contributed by atoms with E-state index in [0.717, 1.165) is 30.7 Å². The summed E-state index contributed by atoms with van der Waals surface area (Å²) in [7, 11) is 0. The van der Waals surface area contributed by atoms with Crippen LogP contribution in [0.1, 0.15) is 40.0 Å². The fourth-order valence-corrected chi connectivity index (χ4v) is 5.27. The third-order valence-electron chi connectivity index (χ3n) is 5.12. The van der Waals surface area contributed by atoms with Crippen LogP contribution >= 0.6 is 24.2 Å². The average Bonchev–Trinajstić information content (AvgIpc) is 2.84. The Morgan fingerprint density at radius 3 is 3.05 bits per heavy atom. The summed E-state index contributed by atoms with van der Waals surface area (Å²) in [6.07, 6.45) is 11.3. The van der Waals surface area contributed by atoms with Crippen LogP contribution in [0.5, 0.6) is 0 Å². The van der Waals surface area contributed by atoms with Gasteiger partial charge in [0.05, 0.1) is 16.4 Å². The van der Waals surface area contributed by atoms with Crippen molar-refractivity contribution in [2.75, 3.05) is 5.75 Å². The Labute approximate surface area is 143 Å². The van der Waals surface area contributed by atoms with Gasteiger partial charge in [0.15, 0.2) is 0 Å². The molecule has 5 heteroatoms. The van der Waals surface area contributed by atoms with Crippen molar-refractivity contribution in [3.05, 3.63) is 23.9 Å². The number of carbonyl (C=O) groups is 1. The van der Waals surface area contributed by atoms with E-state index in [1.165, 1.54) is 0 Å². The number of nitrogens with zero attached hydrogens (tertiary/aromatic N) is 1. The molecule has 0 aromatic rings. The molecule has 1 fully saturated rings. The number of hydrogen-bond acceptors (Lipinski definition) is 3. The number of allylic oxidation sites excluding steroid dienone is 3.